The monoisotopic (exact) mass is 353 g/mol. The fourth-order valence-electron chi connectivity index (χ4n) is 2.37. The first-order valence-electron chi connectivity index (χ1n) is 6.41. The predicted molar refractivity (Wildman–Crippen MR) is 89.0 cm³/mol. The van der Waals surface area contributed by atoms with Gasteiger partial charge in [0.25, 0.3) is 0 Å². The standard InChI is InChI=1S/C15H16BrNS2/c16-12-3-1-2-10(6-12)7-13(17)15-8-11-9-18-5-4-14(11)19-15/h1-3,6,8,13H,4-5,7,9,17H2. The molecule has 19 heavy (non-hydrogen) atoms. The molecule has 1 aromatic heterocycles. The molecule has 0 amide bonds. The van der Waals surface area contributed by atoms with Crippen molar-refractivity contribution in [3.8, 4) is 0 Å². The zero-order valence-corrected chi connectivity index (χ0v) is 13.8. The van der Waals surface area contributed by atoms with Gasteiger partial charge in [-0.15, -0.1) is 11.3 Å². The summed E-state index contributed by atoms with van der Waals surface area (Å²) >= 11 is 7.46. The smallest absolute Gasteiger partial charge is 0.0430 e. The zero-order chi connectivity index (χ0) is 13.2. The third-order valence-electron chi connectivity index (χ3n) is 3.36. The molecule has 1 aromatic carbocycles. The number of hydrogen-bond acceptors (Lipinski definition) is 3. The quantitative estimate of drug-likeness (QED) is 0.876. The van der Waals surface area contributed by atoms with E-state index in [9.17, 15) is 0 Å². The highest BCUT2D eigenvalue weighted by Crippen LogP contribution is 2.34. The number of halogens is 1. The Morgan fingerprint density at radius 3 is 3.00 bits per heavy atom. The molecule has 1 unspecified atom stereocenters. The van der Waals surface area contributed by atoms with Crippen molar-refractivity contribution in [3.05, 3.63) is 55.7 Å². The molecule has 3 rings (SSSR count). The second-order valence-corrected chi connectivity index (χ2v) is 8.03. The Balaban J connectivity index is 1.76. The van der Waals surface area contributed by atoms with Gasteiger partial charge in [0.1, 0.15) is 0 Å². The first kappa shape index (κ1) is 13.7. The Hall–Kier alpha value is -0.290. The molecule has 0 saturated heterocycles. The van der Waals surface area contributed by atoms with Gasteiger partial charge >= 0.3 is 0 Å². The first-order chi connectivity index (χ1) is 9.22. The number of hydrogen-bond donors (Lipinski definition) is 1. The van der Waals surface area contributed by atoms with E-state index in [-0.39, 0.29) is 6.04 Å². The Kier molecular flexibility index (Phi) is 4.32. The minimum Gasteiger partial charge on any atom is -0.323 e. The summed E-state index contributed by atoms with van der Waals surface area (Å²) in [6.45, 7) is 0. The van der Waals surface area contributed by atoms with Gasteiger partial charge in [0.05, 0.1) is 0 Å². The molecule has 2 N–H and O–H groups in total. The van der Waals surface area contributed by atoms with Crippen LogP contribution in [0, 0.1) is 0 Å². The van der Waals surface area contributed by atoms with E-state index >= 15 is 0 Å². The minimum absolute atomic E-state index is 0.120. The average Bonchev–Trinajstić information content (AvgIpc) is 2.82. The van der Waals surface area contributed by atoms with Gasteiger partial charge < -0.3 is 5.73 Å². The maximum absolute atomic E-state index is 6.38. The molecule has 1 nitrogen and oxygen atoms in total. The molecule has 1 aliphatic rings. The molecular formula is C15H16BrNS2. The number of rotatable bonds is 3. The maximum atomic E-state index is 6.38. The van der Waals surface area contributed by atoms with Crippen molar-refractivity contribution in [2.24, 2.45) is 5.73 Å². The number of fused-ring (bicyclic) bond motifs is 1. The van der Waals surface area contributed by atoms with Crippen molar-refractivity contribution < 1.29 is 0 Å². The number of thioether (sulfide) groups is 1. The molecule has 4 heteroatoms. The third-order valence-corrected chi connectivity index (χ3v) is 6.23. The van der Waals surface area contributed by atoms with E-state index in [2.05, 4.69) is 46.3 Å². The topological polar surface area (TPSA) is 26.0 Å². The van der Waals surface area contributed by atoms with Gasteiger partial charge in [0, 0.05) is 26.0 Å². The molecule has 0 fully saturated rings. The summed E-state index contributed by atoms with van der Waals surface area (Å²) < 4.78 is 1.12. The van der Waals surface area contributed by atoms with E-state index in [1.807, 2.05) is 23.1 Å². The molecule has 0 aliphatic carbocycles. The fraction of sp³-hybridized carbons (Fsp3) is 0.333. The number of benzene rings is 1. The second-order valence-electron chi connectivity index (χ2n) is 4.84. The number of aryl methyl sites for hydroxylation is 1. The molecule has 0 radical (unpaired) electrons. The highest BCUT2D eigenvalue weighted by atomic mass is 79.9. The molecule has 0 spiro atoms. The Bertz CT molecular complexity index is 556. The van der Waals surface area contributed by atoms with Crippen molar-refractivity contribution in [1.82, 2.24) is 0 Å². The Morgan fingerprint density at radius 2 is 2.21 bits per heavy atom. The van der Waals surface area contributed by atoms with Crippen molar-refractivity contribution in [2.75, 3.05) is 5.75 Å². The highest BCUT2D eigenvalue weighted by Gasteiger charge is 2.17. The summed E-state index contributed by atoms with van der Waals surface area (Å²) in [5, 5.41) is 0. The second kappa shape index (κ2) is 6.00. The maximum Gasteiger partial charge on any atom is 0.0430 e. The van der Waals surface area contributed by atoms with Crippen molar-refractivity contribution in [1.29, 1.82) is 0 Å². The van der Waals surface area contributed by atoms with Crippen LogP contribution in [0.3, 0.4) is 0 Å². The van der Waals surface area contributed by atoms with E-state index in [4.69, 9.17) is 5.73 Å². The average molecular weight is 354 g/mol. The van der Waals surface area contributed by atoms with Crippen LogP contribution in [-0.2, 0) is 18.6 Å². The minimum atomic E-state index is 0.120. The lowest BCUT2D eigenvalue weighted by Crippen LogP contribution is -2.11. The van der Waals surface area contributed by atoms with Crippen LogP contribution in [0.1, 0.15) is 26.9 Å². The lowest BCUT2D eigenvalue weighted by atomic mass is 10.0. The molecule has 100 valence electrons. The number of nitrogens with two attached hydrogens (primary N) is 1. The number of thiophene rings is 1. The summed E-state index contributed by atoms with van der Waals surface area (Å²) in [7, 11) is 0. The van der Waals surface area contributed by atoms with Gasteiger partial charge in [-0.25, -0.2) is 0 Å². The van der Waals surface area contributed by atoms with E-state index in [1.54, 1.807) is 4.88 Å². The summed E-state index contributed by atoms with van der Waals surface area (Å²) in [6.07, 6.45) is 2.13. The zero-order valence-electron chi connectivity index (χ0n) is 10.6. The van der Waals surface area contributed by atoms with E-state index in [1.165, 1.54) is 28.2 Å². The van der Waals surface area contributed by atoms with E-state index in [0.717, 1.165) is 16.6 Å². The van der Waals surface area contributed by atoms with Crippen molar-refractivity contribution in [2.45, 2.75) is 24.6 Å². The highest BCUT2D eigenvalue weighted by molar-refractivity contribution is 9.10. The van der Waals surface area contributed by atoms with Crippen LogP contribution in [0.15, 0.2) is 34.8 Å². The Morgan fingerprint density at radius 1 is 1.32 bits per heavy atom. The molecule has 2 aromatic rings. The molecular weight excluding hydrogens is 338 g/mol. The largest absolute Gasteiger partial charge is 0.323 e. The summed E-state index contributed by atoms with van der Waals surface area (Å²) in [5.41, 5.74) is 9.19. The summed E-state index contributed by atoms with van der Waals surface area (Å²) in [4.78, 5) is 2.89. The van der Waals surface area contributed by atoms with Crippen LogP contribution >= 0.6 is 39.0 Å². The van der Waals surface area contributed by atoms with Gasteiger partial charge in [0.2, 0.25) is 0 Å². The summed E-state index contributed by atoms with van der Waals surface area (Å²) in [5.74, 6) is 2.42. The van der Waals surface area contributed by atoms with Gasteiger partial charge in [-0.2, -0.15) is 11.8 Å². The molecule has 2 heterocycles. The van der Waals surface area contributed by atoms with Crippen molar-refractivity contribution in [3.63, 3.8) is 0 Å². The van der Waals surface area contributed by atoms with E-state index in [0.29, 0.717) is 0 Å². The van der Waals surface area contributed by atoms with Gasteiger partial charge in [-0.1, -0.05) is 28.1 Å². The molecule has 0 bridgehead atoms. The van der Waals surface area contributed by atoms with Gasteiger partial charge in [0.15, 0.2) is 0 Å². The Labute approximate surface area is 130 Å². The summed E-state index contributed by atoms with van der Waals surface area (Å²) in [6, 6.07) is 10.9. The normalized spacial score (nSPS) is 16.1. The van der Waals surface area contributed by atoms with Crippen LogP contribution < -0.4 is 5.73 Å². The third kappa shape index (κ3) is 3.24. The van der Waals surface area contributed by atoms with Crippen LogP contribution in [0.5, 0.6) is 0 Å². The lowest BCUT2D eigenvalue weighted by Gasteiger charge is -2.09. The van der Waals surface area contributed by atoms with E-state index < -0.39 is 0 Å². The van der Waals surface area contributed by atoms with Gasteiger partial charge in [-0.05, 0) is 47.9 Å². The molecule has 1 aliphatic heterocycles. The predicted octanol–water partition coefficient (Wildman–Crippen LogP) is 4.54. The van der Waals surface area contributed by atoms with Crippen LogP contribution in [-0.4, -0.2) is 5.75 Å². The van der Waals surface area contributed by atoms with Crippen LogP contribution in [0.4, 0.5) is 0 Å². The van der Waals surface area contributed by atoms with Gasteiger partial charge in [-0.3, -0.25) is 0 Å². The fourth-order valence-corrected chi connectivity index (χ4v) is 5.20. The SMILES string of the molecule is NC(Cc1cccc(Br)c1)c1cc2c(s1)CCSC2. The first-order valence-corrected chi connectivity index (χ1v) is 9.18. The van der Waals surface area contributed by atoms with Crippen LogP contribution in [0.2, 0.25) is 0 Å². The van der Waals surface area contributed by atoms with Crippen LogP contribution in [0.25, 0.3) is 0 Å². The molecule has 1 atom stereocenters. The molecule has 0 saturated carbocycles. The lowest BCUT2D eigenvalue weighted by molar-refractivity contribution is 0.736. The van der Waals surface area contributed by atoms with Crippen molar-refractivity contribution >= 4 is 39.0 Å².